The van der Waals surface area contributed by atoms with Crippen molar-refractivity contribution >= 4 is 68.8 Å². The molecule has 0 bridgehead atoms. The molecule has 0 radical (unpaired) electrons. The van der Waals surface area contributed by atoms with Gasteiger partial charge >= 0.3 is 12.3 Å². The van der Waals surface area contributed by atoms with E-state index >= 15 is 0 Å². The second-order valence-corrected chi connectivity index (χ2v) is 8.25. The highest BCUT2D eigenvalue weighted by Crippen LogP contribution is 2.41. The van der Waals surface area contributed by atoms with Gasteiger partial charge in [0.05, 0.1) is 26.5 Å². The third-order valence-electron chi connectivity index (χ3n) is 3.99. The Hall–Kier alpha value is -1.94. The van der Waals surface area contributed by atoms with Crippen LogP contribution in [0.5, 0.6) is 0 Å². The number of rotatable bonds is 4. The highest BCUT2D eigenvalue weighted by molar-refractivity contribution is 9.10. The van der Waals surface area contributed by atoms with E-state index in [0.29, 0.717) is 10.6 Å². The molecule has 2 rings (SSSR count). The van der Waals surface area contributed by atoms with E-state index in [2.05, 4.69) is 21.4 Å². The predicted molar refractivity (Wildman–Crippen MR) is 117 cm³/mol. The number of carbonyl (C=O) groups is 2. The van der Waals surface area contributed by atoms with E-state index < -0.39 is 24.1 Å². The first kappa shape index (κ1) is 25.3. The smallest absolute Gasteiger partial charge is 0.425 e. The summed E-state index contributed by atoms with van der Waals surface area (Å²) in [4.78, 5) is 22.9. The summed E-state index contributed by atoms with van der Waals surface area (Å²) >= 11 is 20.7. The van der Waals surface area contributed by atoms with Gasteiger partial charge in [-0.15, -0.1) is 0 Å². The van der Waals surface area contributed by atoms with Crippen LogP contribution in [0.3, 0.4) is 0 Å². The molecule has 2 aromatic rings. The normalized spacial score (nSPS) is 12.6. The monoisotopic (exact) mass is 558 g/mol. The predicted octanol–water partition coefficient (Wildman–Crippen LogP) is 7.02. The molecule has 0 heterocycles. The highest BCUT2D eigenvalue weighted by atomic mass is 79.9. The van der Waals surface area contributed by atoms with Crippen LogP contribution in [0.1, 0.15) is 27.4 Å². The number of nitrogens with one attached hydrogen (secondary N) is 1. The summed E-state index contributed by atoms with van der Waals surface area (Å²) in [5.41, 5.74) is 2.39. The highest BCUT2D eigenvalue weighted by Gasteiger charge is 2.39. The number of hydrogen-bond donors (Lipinski definition) is 2. The van der Waals surface area contributed by atoms with Gasteiger partial charge in [0.2, 0.25) is 0 Å². The van der Waals surface area contributed by atoms with E-state index in [1.165, 1.54) is 24.3 Å². The molecule has 0 aromatic heterocycles. The number of hydrazine groups is 1. The summed E-state index contributed by atoms with van der Waals surface area (Å²) in [6.45, 7) is 0. The molecular formula is C19H13BrCl3F3N2O3. The molecule has 0 saturated carbocycles. The van der Waals surface area contributed by atoms with Gasteiger partial charge in [0.25, 0.3) is 5.91 Å². The zero-order chi connectivity index (χ0) is 23.5. The van der Waals surface area contributed by atoms with Gasteiger partial charge < -0.3 is 5.11 Å². The Labute approximate surface area is 198 Å². The van der Waals surface area contributed by atoms with Crippen molar-refractivity contribution in [3.63, 3.8) is 0 Å². The fourth-order valence-electron chi connectivity index (χ4n) is 2.45. The second kappa shape index (κ2) is 10.1. The molecule has 0 spiro atoms. The molecule has 5 nitrogen and oxygen atoms in total. The number of allylic oxidation sites excluding steroid dienone is 1. The first-order valence-electron chi connectivity index (χ1n) is 8.27. The van der Waals surface area contributed by atoms with Gasteiger partial charge in [-0.1, -0.05) is 53.0 Å². The number of halogens is 7. The maximum Gasteiger partial charge on any atom is 0.425 e. The maximum atomic E-state index is 13.6. The number of benzene rings is 2. The van der Waals surface area contributed by atoms with Crippen LogP contribution < -0.4 is 5.43 Å². The molecule has 31 heavy (non-hydrogen) atoms. The van der Waals surface area contributed by atoms with E-state index in [9.17, 15) is 22.8 Å². The largest absolute Gasteiger partial charge is 0.464 e. The molecular weight excluding hydrogens is 547 g/mol. The summed E-state index contributed by atoms with van der Waals surface area (Å²) in [5, 5.41) is 9.13. The molecule has 12 heteroatoms. The fraction of sp³-hybridized carbons (Fsp3) is 0.158. The Morgan fingerprint density at radius 2 is 1.74 bits per heavy atom. The maximum absolute atomic E-state index is 13.6. The average Bonchev–Trinajstić information content (AvgIpc) is 2.64. The van der Waals surface area contributed by atoms with Crippen molar-refractivity contribution in [3.05, 3.63) is 72.6 Å². The van der Waals surface area contributed by atoms with Gasteiger partial charge in [0.1, 0.15) is 0 Å². The number of nitrogens with zero attached hydrogens (tertiary/aromatic N) is 1. The Bertz CT molecular complexity index is 1020. The van der Waals surface area contributed by atoms with Crippen molar-refractivity contribution < 1.29 is 27.9 Å². The lowest BCUT2D eigenvalue weighted by Gasteiger charge is -2.18. The minimum absolute atomic E-state index is 0.0386. The van der Waals surface area contributed by atoms with Crippen LogP contribution in [0, 0.1) is 0 Å². The van der Waals surface area contributed by atoms with E-state index in [4.69, 9.17) is 39.9 Å². The van der Waals surface area contributed by atoms with Crippen molar-refractivity contribution in [2.45, 2.75) is 12.1 Å². The summed E-state index contributed by atoms with van der Waals surface area (Å²) in [6, 6.07) is 6.36. The van der Waals surface area contributed by atoms with E-state index in [1.807, 2.05) is 0 Å². The van der Waals surface area contributed by atoms with Crippen molar-refractivity contribution in [2.24, 2.45) is 0 Å². The molecule has 2 amide bonds. The number of alkyl halides is 3. The van der Waals surface area contributed by atoms with Crippen LogP contribution in [-0.2, 0) is 0 Å². The molecule has 0 aliphatic rings. The molecule has 166 valence electrons. The van der Waals surface area contributed by atoms with E-state index in [-0.39, 0.29) is 30.7 Å². The van der Waals surface area contributed by atoms with Gasteiger partial charge in [-0.05, 0) is 51.3 Å². The summed E-state index contributed by atoms with van der Waals surface area (Å²) < 4.78 is 41.1. The van der Waals surface area contributed by atoms with Crippen LogP contribution in [0.25, 0.3) is 6.08 Å². The first-order chi connectivity index (χ1) is 14.3. The molecule has 2 N–H and O–H groups in total. The lowest BCUT2D eigenvalue weighted by Crippen LogP contribution is -2.42. The van der Waals surface area contributed by atoms with Gasteiger partial charge in [-0.3, -0.25) is 10.2 Å². The number of carbonyl (C=O) groups excluding carboxylic acids is 1. The molecule has 0 aliphatic carbocycles. The molecule has 1 unspecified atom stereocenters. The lowest BCUT2D eigenvalue weighted by atomic mass is 9.97. The van der Waals surface area contributed by atoms with Crippen LogP contribution in [0.2, 0.25) is 15.1 Å². The van der Waals surface area contributed by atoms with E-state index in [1.54, 1.807) is 0 Å². The Morgan fingerprint density at radius 1 is 1.16 bits per heavy atom. The Morgan fingerprint density at radius 3 is 2.23 bits per heavy atom. The summed E-state index contributed by atoms with van der Waals surface area (Å²) in [5.74, 6) is -2.73. The van der Waals surface area contributed by atoms with Gasteiger partial charge in [-0.25, -0.2) is 9.80 Å². The number of hydrogen-bond acceptors (Lipinski definition) is 2. The third-order valence-corrected chi connectivity index (χ3v) is 5.85. The average molecular weight is 561 g/mol. The van der Waals surface area contributed by atoms with Crippen LogP contribution in [0.15, 0.2) is 40.9 Å². The number of amides is 2. The first-order valence-corrected chi connectivity index (χ1v) is 10.2. The summed E-state index contributed by atoms with van der Waals surface area (Å²) in [7, 11) is 1.14. The number of carboxylic acid groups (broad SMARTS) is 1. The summed E-state index contributed by atoms with van der Waals surface area (Å²) in [6.07, 6.45) is -3.85. The Balaban J connectivity index is 2.32. The van der Waals surface area contributed by atoms with Crippen molar-refractivity contribution in [1.82, 2.24) is 10.4 Å². The zero-order valence-corrected chi connectivity index (χ0v) is 19.3. The molecule has 1 atom stereocenters. The minimum Gasteiger partial charge on any atom is -0.464 e. The van der Waals surface area contributed by atoms with Crippen molar-refractivity contribution in [2.75, 3.05) is 7.05 Å². The molecule has 0 saturated heterocycles. The van der Waals surface area contributed by atoms with Crippen LogP contribution >= 0.6 is 50.7 Å². The van der Waals surface area contributed by atoms with Gasteiger partial charge in [0.15, 0.2) is 0 Å². The topological polar surface area (TPSA) is 69.6 Å². The third kappa shape index (κ3) is 6.52. The standard InChI is InChI=1S/C19H13BrCl3F3N2O3/c1-28(18(30)31)27-17(29)11-4-2-9(6-13(11)20)3-5-12(19(24,25)26)10-7-14(21)16(23)15(22)8-10/h2-8,12H,1H3,(H,27,29)(H,30,31)/b5-3+. The van der Waals surface area contributed by atoms with Crippen molar-refractivity contribution in [3.8, 4) is 0 Å². The van der Waals surface area contributed by atoms with Crippen molar-refractivity contribution in [1.29, 1.82) is 0 Å². The van der Waals surface area contributed by atoms with Crippen LogP contribution in [0.4, 0.5) is 18.0 Å². The molecule has 2 aromatic carbocycles. The van der Waals surface area contributed by atoms with Gasteiger partial charge in [0, 0.05) is 11.5 Å². The Kier molecular flexibility index (Phi) is 8.27. The zero-order valence-electron chi connectivity index (χ0n) is 15.5. The second-order valence-electron chi connectivity index (χ2n) is 6.20. The SMILES string of the molecule is CN(NC(=O)c1ccc(/C=C/C(c2cc(Cl)c(Cl)c(Cl)c2)C(F)(F)F)cc1Br)C(=O)O. The lowest BCUT2D eigenvalue weighted by molar-refractivity contribution is -0.139. The van der Waals surface area contributed by atoms with E-state index in [0.717, 1.165) is 25.3 Å². The quantitative estimate of drug-likeness (QED) is 0.312. The molecule has 0 aliphatic heterocycles. The van der Waals surface area contributed by atoms with Crippen LogP contribution in [-0.4, -0.2) is 35.3 Å². The fourth-order valence-corrected chi connectivity index (χ4v) is 3.64. The molecule has 0 fully saturated rings. The van der Waals surface area contributed by atoms with Gasteiger partial charge in [-0.2, -0.15) is 13.2 Å². The minimum atomic E-state index is -4.63.